The lowest BCUT2D eigenvalue weighted by molar-refractivity contribution is 0.233. The van der Waals surface area contributed by atoms with Crippen molar-refractivity contribution in [2.45, 2.75) is 12.3 Å². The number of rotatable bonds is 8. The third kappa shape index (κ3) is 13.2. The number of hydrogen-bond acceptors (Lipinski definition) is 6. The minimum atomic E-state index is -0.958. The summed E-state index contributed by atoms with van der Waals surface area (Å²) in [5.74, 6) is 0. The van der Waals surface area contributed by atoms with E-state index in [0.717, 1.165) is 11.1 Å². The Morgan fingerprint density at radius 1 is 0.500 bits per heavy atom. The van der Waals surface area contributed by atoms with Gasteiger partial charge in [-0.05, 0) is 22.3 Å². The average molecular weight is 557 g/mol. The van der Waals surface area contributed by atoms with Crippen LogP contribution < -0.4 is 55.7 Å². The number of nitrogens with zero attached hydrogens (tertiary/aromatic N) is 2. The van der Waals surface area contributed by atoms with E-state index in [4.69, 9.17) is 34.4 Å². The first-order chi connectivity index (χ1) is 18.8. The molecule has 0 aliphatic rings. The number of nitrogens with one attached hydrogen (secondary N) is 4. The Morgan fingerprint density at radius 3 is 0.950 bits per heavy atom. The first kappa shape index (κ1) is 31.8. The average Bonchev–Trinajstić information content (AvgIpc) is 2.85. The number of aliphatic imine (C=N–C) groups is 2. The van der Waals surface area contributed by atoms with Gasteiger partial charge in [-0.15, -0.1) is 0 Å². The molecule has 0 aliphatic heterocycles. The molecule has 0 bridgehead atoms. The molecular weight excluding hydrogens is 528 g/mol. The van der Waals surface area contributed by atoms with Crippen molar-refractivity contribution in [3.63, 3.8) is 0 Å². The van der Waals surface area contributed by atoms with Gasteiger partial charge in [0.25, 0.3) is 0 Å². The molecule has 212 valence electrons. The van der Waals surface area contributed by atoms with Crippen molar-refractivity contribution < 1.29 is 28.8 Å². The number of nitrogens with two attached hydrogens (primary N) is 6. The highest BCUT2D eigenvalue weighted by Crippen LogP contribution is 2.16. The van der Waals surface area contributed by atoms with Crippen LogP contribution in [0.2, 0.25) is 0 Å². The first-order valence-electron chi connectivity index (χ1n) is 10.9. The second-order valence-electron chi connectivity index (χ2n) is 7.43. The Labute approximate surface area is 226 Å². The van der Waals surface area contributed by atoms with Crippen LogP contribution in [0.1, 0.15) is 34.6 Å². The van der Waals surface area contributed by atoms with Crippen LogP contribution in [-0.4, -0.2) is 48.6 Å². The molecule has 16 N–H and O–H groups in total. The molecule has 12 amide bonds. The van der Waals surface area contributed by atoms with E-state index in [1.54, 1.807) is 24.3 Å². The maximum absolute atomic E-state index is 11.0. The SMILES string of the molecule is NC(=O)/N=C/c1ccc(/C=N/C(N)=O)cc1.NC(=O)NC(NC(N)=O)c1ccc(C(NC(N)=O)NC(N)=O)cc1. The molecule has 0 radical (unpaired) electrons. The number of amides is 12. The summed E-state index contributed by atoms with van der Waals surface area (Å²) < 4.78 is 0. The summed E-state index contributed by atoms with van der Waals surface area (Å²) in [7, 11) is 0. The molecule has 2 rings (SSSR count). The van der Waals surface area contributed by atoms with E-state index in [-0.39, 0.29) is 0 Å². The van der Waals surface area contributed by atoms with Gasteiger partial charge in [0, 0.05) is 12.4 Å². The highest BCUT2D eigenvalue weighted by molar-refractivity contribution is 5.93. The zero-order valence-electron chi connectivity index (χ0n) is 20.7. The van der Waals surface area contributed by atoms with Crippen LogP contribution in [-0.2, 0) is 0 Å². The number of benzene rings is 2. The third-order valence-corrected chi connectivity index (χ3v) is 4.37. The number of carbonyl (C=O) groups is 6. The topological polar surface area (TPSA) is 331 Å². The molecule has 0 unspecified atom stereocenters. The Morgan fingerprint density at radius 2 is 0.750 bits per heavy atom. The Kier molecular flexibility index (Phi) is 12.6. The molecule has 2 aromatic rings. The van der Waals surface area contributed by atoms with E-state index in [1.165, 1.54) is 36.7 Å². The fourth-order valence-electron chi connectivity index (χ4n) is 2.80. The summed E-state index contributed by atoms with van der Waals surface area (Å²) in [5, 5.41) is 9.15. The van der Waals surface area contributed by atoms with E-state index in [1.807, 2.05) is 0 Å². The van der Waals surface area contributed by atoms with Gasteiger partial charge in [-0.3, -0.25) is 0 Å². The fraction of sp³-hybridized carbons (Fsp3) is 0.0909. The maximum Gasteiger partial charge on any atom is 0.338 e. The molecule has 18 heteroatoms. The molecule has 0 heterocycles. The van der Waals surface area contributed by atoms with Gasteiger partial charge in [-0.2, -0.15) is 0 Å². The van der Waals surface area contributed by atoms with Crippen LogP contribution >= 0.6 is 0 Å². The van der Waals surface area contributed by atoms with Gasteiger partial charge >= 0.3 is 36.2 Å². The molecular formula is C22H28N12O6. The van der Waals surface area contributed by atoms with Crippen LogP contribution in [0, 0.1) is 0 Å². The lowest BCUT2D eigenvalue weighted by Gasteiger charge is -2.21. The summed E-state index contributed by atoms with van der Waals surface area (Å²) in [6, 6.07) is 7.83. The predicted octanol–water partition coefficient (Wildman–Crippen LogP) is -0.961. The molecule has 18 nitrogen and oxygen atoms in total. The van der Waals surface area contributed by atoms with E-state index in [9.17, 15) is 28.8 Å². The molecule has 2 aromatic carbocycles. The van der Waals surface area contributed by atoms with Crippen LogP contribution in [0.15, 0.2) is 58.5 Å². The minimum Gasteiger partial charge on any atom is -0.352 e. The number of carbonyl (C=O) groups excluding carboxylic acids is 6. The van der Waals surface area contributed by atoms with Crippen molar-refractivity contribution in [2.24, 2.45) is 44.4 Å². The third-order valence-electron chi connectivity index (χ3n) is 4.37. The van der Waals surface area contributed by atoms with Crippen molar-refractivity contribution in [3.05, 3.63) is 70.8 Å². The van der Waals surface area contributed by atoms with Crippen molar-refractivity contribution in [1.29, 1.82) is 0 Å². The van der Waals surface area contributed by atoms with Crippen molar-refractivity contribution in [1.82, 2.24) is 21.3 Å². The molecule has 0 aromatic heterocycles. The standard InChI is InChI=1S/C12H18N8O4.C10H10N4O2/c13-9(21)17-7(18-10(14)22)5-1-2-6(4-3-5)8(19-11(15)23)20-12(16)24;11-9(15)13-5-7-1-2-8(4-3-7)6-14-10(12)16/h1-4,7-8H,(H3,13,17,21)(H3,14,18,22)(H3,15,19,23)(H3,16,20,24);1-6H,(H2,11,15)(H2,12,16)/b;13-5+,14-6+. The molecule has 0 saturated heterocycles. The van der Waals surface area contributed by atoms with Gasteiger partial charge in [-0.1, -0.05) is 48.5 Å². The number of urea groups is 6. The molecule has 0 atom stereocenters. The van der Waals surface area contributed by atoms with Crippen molar-refractivity contribution in [3.8, 4) is 0 Å². The van der Waals surface area contributed by atoms with Gasteiger partial charge < -0.3 is 55.7 Å². The van der Waals surface area contributed by atoms with Crippen molar-refractivity contribution >= 4 is 48.6 Å². The Balaban J connectivity index is 0.000000433. The van der Waals surface area contributed by atoms with Crippen LogP contribution in [0.5, 0.6) is 0 Å². The monoisotopic (exact) mass is 556 g/mol. The Bertz CT molecular complexity index is 1150. The summed E-state index contributed by atoms with van der Waals surface area (Å²) in [5.41, 5.74) is 32.1. The van der Waals surface area contributed by atoms with Gasteiger partial charge in [0.2, 0.25) is 0 Å². The highest BCUT2D eigenvalue weighted by atomic mass is 16.2. The largest absolute Gasteiger partial charge is 0.352 e. The Hall–Kier alpha value is -6.20. The second-order valence-corrected chi connectivity index (χ2v) is 7.43. The minimum absolute atomic E-state index is 0.438. The number of hydrogen-bond donors (Lipinski definition) is 10. The van der Waals surface area contributed by atoms with E-state index < -0.39 is 48.5 Å². The summed E-state index contributed by atoms with van der Waals surface area (Å²) in [6.45, 7) is 0. The number of primary amides is 6. The lowest BCUT2D eigenvalue weighted by atomic mass is 10.1. The summed E-state index contributed by atoms with van der Waals surface area (Å²) in [6.07, 6.45) is 0.774. The first-order valence-corrected chi connectivity index (χ1v) is 10.9. The van der Waals surface area contributed by atoms with Gasteiger partial charge in [-0.25, -0.2) is 38.8 Å². The van der Waals surface area contributed by atoms with Crippen LogP contribution in [0.4, 0.5) is 28.8 Å². The van der Waals surface area contributed by atoms with Crippen molar-refractivity contribution in [2.75, 3.05) is 0 Å². The zero-order chi connectivity index (χ0) is 30.2. The lowest BCUT2D eigenvalue weighted by Crippen LogP contribution is -2.45. The maximum atomic E-state index is 11.0. The molecule has 0 fully saturated rings. The second kappa shape index (κ2) is 15.8. The molecule has 0 spiro atoms. The van der Waals surface area contributed by atoms with Gasteiger partial charge in [0.05, 0.1) is 0 Å². The van der Waals surface area contributed by atoms with Gasteiger partial charge in [0.15, 0.2) is 0 Å². The smallest absolute Gasteiger partial charge is 0.338 e. The normalized spacial score (nSPS) is 10.4. The van der Waals surface area contributed by atoms with E-state index in [0.29, 0.717) is 11.1 Å². The summed E-state index contributed by atoms with van der Waals surface area (Å²) >= 11 is 0. The van der Waals surface area contributed by atoms with Gasteiger partial charge in [0.1, 0.15) is 12.3 Å². The van der Waals surface area contributed by atoms with E-state index >= 15 is 0 Å². The highest BCUT2D eigenvalue weighted by Gasteiger charge is 2.17. The zero-order valence-corrected chi connectivity index (χ0v) is 20.7. The van der Waals surface area contributed by atoms with Crippen LogP contribution in [0.25, 0.3) is 0 Å². The fourth-order valence-corrected chi connectivity index (χ4v) is 2.80. The summed E-state index contributed by atoms with van der Waals surface area (Å²) in [4.78, 5) is 71.5. The molecule has 40 heavy (non-hydrogen) atoms. The molecule has 0 aliphatic carbocycles. The predicted molar refractivity (Wildman–Crippen MR) is 144 cm³/mol. The van der Waals surface area contributed by atoms with Crippen LogP contribution in [0.3, 0.4) is 0 Å². The molecule has 0 saturated carbocycles. The van der Waals surface area contributed by atoms with E-state index in [2.05, 4.69) is 31.3 Å². The quantitative estimate of drug-likeness (QED) is 0.144.